The molecule has 1 aliphatic heterocycles. The van der Waals surface area contributed by atoms with Gasteiger partial charge in [-0.15, -0.1) is 0 Å². The van der Waals surface area contributed by atoms with Crippen molar-refractivity contribution in [1.82, 2.24) is 9.88 Å². The van der Waals surface area contributed by atoms with Crippen molar-refractivity contribution in [1.29, 1.82) is 0 Å². The number of fused-ring (bicyclic) bond motifs is 1. The van der Waals surface area contributed by atoms with Crippen molar-refractivity contribution in [3.05, 3.63) is 35.8 Å². The summed E-state index contributed by atoms with van der Waals surface area (Å²) in [5.41, 5.74) is 2.04. The standard InChI is InChI=1S/C18H22FN3O/c1-3-8-21-9-5-10-22(12-17(21)23)16-11-13(2)20-18-14(16)6-4-7-15(18)19/h4,6-7,11H,3,5,8-10,12H2,1-2H3. The van der Waals surface area contributed by atoms with Gasteiger partial charge >= 0.3 is 0 Å². The summed E-state index contributed by atoms with van der Waals surface area (Å²) < 4.78 is 14.1. The van der Waals surface area contributed by atoms with E-state index in [4.69, 9.17) is 0 Å². The number of rotatable bonds is 3. The number of benzene rings is 1. The van der Waals surface area contributed by atoms with Crippen LogP contribution < -0.4 is 4.90 Å². The SMILES string of the molecule is CCCN1CCCN(c2cc(C)nc3c(F)cccc23)CC1=O. The van der Waals surface area contributed by atoms with Crippen LogP contribution in [0.15, 0.2) is 24.3 Å². The molecule has 0 spiro atoms. The van der Waals surface area contributed by atoms with E-state index in [1.807, 2.05) is 24.0 Å². The number of halogens is 1. The van der Waals surface area contributed by atoms with Crippen LogP contribution in [0.3, 0.4) is 0 Å². The zero-order valence-electron chi connectivity index (χ0n) is 13.7. The topological polar surface area (TPSA) is 36.4 Å². The molecule has 23 heavy (non-hydrogen) atoms. The first kappa shape index (κ1) is 15.7. The number of pyridine rings is 1. The lowest BCUT2D eigenvalue weighted by molar-refractivity contribution is -0.129. The molecule has 5 heteroatoms. The Morgan fingerprint density at radius 1 is 1.30 bits per heavy atom. The van der Waals surface area contributed by atoms with Crippen LogP contribution in [0.2, 0.25) is 0 Å². The van der Waals surface area contributed by atoms with Gasteiger partial charge in [0, 0.05) is 36.4 Å². The predicted octanol–water partition coefficient (Wildman–Crippen LogP) is 3.13. The Kier molecular flexibility index (Phi) is 4.46. The molecule has 4 nitrogen and oxygen atoms in total. The van der Waals surface area contributed by atoms with E-state index in [0.29, 0.717) is 12.1 Å². The fourth-order valence-corrected chi connectivity index (χ4v) is 3.21. The number of carbonyl (C=O) groups excluding carboxylic acids is 1. The van der Waals surface area contributed by atoms with Gasteiger partial charge in [-0.05, 0) is 31.9 Å². The summed E-state index contributed by atoms with van der Waals surface area (Å²) >= 11 is 0. The molecule has 1 fully saturated rings. The van der Waals surface area contributed by atoms with Crippen LogP contribution in [0.1, 0.15) is 25.5 Å². The minimum absolute atomic E-state index is 0.142. The molecule has 0 atom stereocenters. The highest BCUT2D eigenvalue weighted by Crippen LogP contribution is 2.29. The Morgan fingerprint density at radius 3 is 2.91 bits per heavy atom. The second-order valence-corrected chi connectivity index (χ2v) is 6.07. The Balaban J connectivity index is 2.00. The van der Waals surface area contributed by atoms with Gasteiger partial charge < -0.3 is 9.80 Å². The first-order valence-corrected chi connectivity index (χ1v) is 8.18. The minimum Gasteiger partial charge on any atom is -0.362 e. The summed E-state index contributed by atoms with van der Waals surface area (Å²) in [4.78, 5) is 20.8. The fraction of sp³-hybridized carbons (Fsp3) is 0.444. The van der Waals surface area contributed by atoms with Crippen molar-refractivity contribution < 1.29 is 9.18 Å². The van der Waals surface area contributed by atoms with Gasteiger partial charge in [0.1, 0.15) is 11.3 Å². The van der Waals surface area contributed by atoms with Gasteiger partial charge in [-0.2, -0.15) is 0 Å². The van der Waals surface area contributed by atoms with Gasteiger partial charge in [0.25, 0.3) is 0 Å². The van der Waals surface area contributed by atoms with Crippen LogP contribution in [-0.2, 0) is 4.79 Å². The minimum atomic E-state index is -0.318. The highest BCUT2D eigenvalue weighted by Gasteiger charge is 2.23. The molecule has 1 aromatic carbocycles. The molecule has 0 unspecified atom stereocenters. The maximum absolute atomic E-state index is 14.1. The molecular weight excluding hydrogens is 293 g/mol. The van der Waals surface area contributed by atoms with Crippen molar-refractivity contribution in [2.75, 3.05) is 31.1 Å². The zero-order valence-corrected chi connectivity index (χ0v) is 13.7. The Labute approximate surface area is 135 Å². The fourth-order valence-electron chi connectivity index (χ4n) is 3.21. The molecule has 0 radical (unpaired) electrons. The van der Waals surface area contributed by atoms with Crippen LogP contribution in [0.25, 0.3) is 10.9 Å². The molecule has 1 aliphatic rings. The monoisotopic (exact) mass is 315 g/mol. The number of anilines is 1. The van der Waals surface area contributed by atoms with Gasteiger partial charge in [0.2, 0.25) is 5.91 Å². The molecule has 2 aromatic rings. The predicted molar refractivity (Wildman–Crippen MR) is 90.1 cm³/mol. The van der Waals surface area contributed by atoms with Gasteiger partial charge in [0.15, 0.2) is 0 Å². The van der Waals surface area contributed by atoms with Crippen LogP contribution in [0.4, 0.5) is 10.1 Å². The second kappa shape index (κ2) is 6.52. The lowest BCUT2D eigenvalue weighted by Gasteiger charge is -2.24. The van der Waals surface area contributed by atoms with Crippen LogP contribution >= 0.6 is 0 Å². The van der Waals surface area contributed by atoms with E-state index in [1.54, 1.807) is 6.07 Å². The van der Waals surface area contributed by atoms with E-state index >= 15 is 0 Å². The second-order valence-electron chi connectivity index (χ2n) is 6.07. The summed E-state index contributed by atoms with van der Waals surface area (Å²) in [5, 5.41) is 0.771. The molecule has 0 bridgehead atoms. The van der Waals surface area contributed by atoms with E-state index < -0.39 is 0 Å². The number of aromatic nitrogens is 1. The third kappa shape index (κ3) is 3.14. The molecule has 0 N–H and O–H groups in total. The molecule has 1 aromatic heterocycles. The van der Waals surface area contributed by atoms with Crippen LogP contribution in [-0.4, -0.2) is 42.0 Å². The van der Waals surface area contributed by atoms with E-state index in [1.165, 1.54) is 6.07 Å². The first-order chi connectivity index (χ1) is 11.1. The van der Waals surface area contributed by atoms with Gasteiger partial charge in [-0.1, -0.05) is 19.1 Å². The van der Waals surface area contributed by atoms with Crippen molar-refractivity contribution in [3.63, 3.8) is 0 Å². The van der Waals surface area contributed by atoms with Gasteiger partial charge in [0.05, 0.1) is 6.54 Å². The number of carbonyl (C=O) groups is 1. The number of para-hydroxylation sites is 1. The van der Waals surface area contributed by atoms with E-state index in [-0.39, 0.29) is 11.7 Å². The van der Waals surface area contributed by atoms with Crippen molar-refractivity contribution >= 4 is 22.5 Å². The Hall–Kier alpha value is -2.17. The average Bonchev–Trinajstić information content (AvgIpc) is 2.70. The molecule has 122 valence electrons. The molecule has 2 heterocycles. The molecule has 0 aliphatic carbocycles. The third-order valence-corrected chi connectivity index (χ3v) is 4.27. The maximum Gasteiger partial charge on any atom is 0.242 e. The van der Waals surface area contributed by atoms with Crippen LogP contribution in [0, 0.1) is 12.7 Å². The zero-order chi connectivity index (χ0) is 16.4. The largest absolute Gasteiger partial charge is 0.362 e. The summed E-state index contributed by atoms with van der Waals surface area (Å²) in [5.74, 6) is -0.176. The van der Waals surface area contributed by atoms with Crippen molar-refractivity contribution in [3.8, 4) is 0 Å². The number of hydrogen-bond acceptors (Lipinski definition) is 3. The number of aryl methyl sites for hydroxylation is 1. The highest BCUT2D eigenvalue weighted by molar-refractivity contribution is 5.94. The third-order valence-electron chi connectivity index (χ3n) is 4.27. The molecule has 1 saturated heterocycles. The van der Waals surface area contributed by atoms with Crippen molar-refractivity contribution in [2.45, 2.75) is 26.7 Å². The Bertz CT molecular complexity index is 732. The lowest BCUT2D eigenvalue weighted by Crippen LogP contribution is -2.37. The Morgan fingerprint density at radius 2 is 2.13 bits per heavy atom. The molecule has 3 rings (SSSR count). The number of nitrogens with zero attached hydrogens (tertiary/aromatic N) is 3. The highest BCUT2D eigenvalue weighted by atomic mass is 19.1. The normalized spacial score (nSPS) is 16.0. The van der Waals surface area contributed by atoms with E-state index in [9.17, 15) is 9.18 Å². The maximum atomic E-state index is 14.1. The average molecular weight is 315 g/mol. The quantitative estimate of drug-likeness (QED) is 0.873. The molecule has 0 saturated carbocycles. The number of amides is 1. The smallest absolute Gasteiger partial charge is 0.242 e. The summed E-state index contributed by atoms with van der Waals surface area (Å²) in [6.45, 7) is 6.67. The van der Waals surface area contributed by atoms with Gasteiger partial charge in [-0.25, -0.2) is 9.37 Å². The lowest BCUT2D eigenvalue weighted by atomic mass is 10.1. The van der Waals surface area contributed by atoms with Crippen molar-refractivity contribution in [2.24, 2.45) is 0 Å². The molecule has 1 amide bonds. The van der Waals surface area contributed by atoms with Gasteiger partial charge in [-0.3, -0.25) is 4.79 Å². The summed E-state index contributed by atoms with van der Waals surface area (Å²) in [7, 11) is 0. The van der Waals surface area contributed by atoms with E-state index in [0.717, 1.165) is 49.2 Å². The van der Waals surface area contributed by atoms with Crippen LogP contribution in [0.5, 0.6) is 0 Å². The summed E-state index contributed by atoms with van der Waals surface area (Å²) in [6.07, 6.45) is 1.89. The molecular formula is C18H22FN3O. The first-order valence-electron chi connectivity index (χ1n) is 8.18. The van der Waals surface area contributed by atoms with E-state index in [2.05, 4.69) is 16.8 Å². The number of hydrogen-bond donors (Lipinski definition) is 0. The summed E-state index contributed by atoms with van der Waals surface area (Å²) in [6, 6.07) is 6.94.